The van der Waals surface area contributed by atoms with Gasteiger partial charge in [0.1, 0.15) is 18.0 Å². The van der Waals surface area contributed by atoms with Gasteiger partial charge >= 0.3 is 0 Å². The van der Waals surface area contributed by atoms with E-state index in [1.54, 1.807) is 12.4 Å². The number of aromatic nitrogens is 5. The number of benzene rings is 1. The van der Waals surface area contributed by atoms with Gasteiger partial charge in [-0.2, -0.15) is 0 Å². The van der Waals surface area contributed by atoms with Crippen molar-refractivity contribution in [2.45, 2.75) is 6.54 Å². The number of anilines is 2. The summed E-state index contributed by atoms with van der Waals surface area (Å²) in [7, 11) is 0. The second-order valence-corrected chi connectivity index (χ2v) is 6.69. The van der Waals surface area contributed by atoms with E-state index in [0.717, 1.165) is 34.5 Å². The molecule has 0 saturated carbocycles. The van der Waals surface area contributed by atoms with Gasteiger partial charge in [-0.15, -0.1) is 0 Å². The Hall–Kier alpha value is -4.06. The van der Waals surface area contributed by atoms with Gasteiger partial charge in [-0.25, -0.2) is 15.0 Å². The molecule has 0 bridgehead atoms. The zero-order chi connectivity index (χ0) is 19.5. The van der Waals surface area contributed by atoms with Crippen LogP contribution >= 0.6 is 0 Å². The number of rotatable bonds is 5. The van der Waals surface area contributed by atoms with E-state index in [1.165, 1.54) is 11.9 Å². The van der Waals surface area contributed by atoms with Crippen molar-refractivity contribution < 1.29 is 0 Å². The average molecular weight is 378 g/mol. The monoisotopic (exact) mass is 378 g/mol. The van der Waals surface area contributed by atoms with Crippen LogP contribution in [0.15, 0.2) is 91.8 Å². The van der Waals surface area contributed by atoms with E-state index in [1.807, 2.05) is 30.6 Å². The quantitative estimate of drug-likeness (QED) is 0.481. The molecule has 0 aliphatic heterocycles. The van der Waals surface area contributed by atoms with Crippen LogP contribution in [-0.2, 0) is 6.54 Å². The highest BCUT2D eigenvalue weighted by atomic mass is 15.1. The Morgan fingerprint density at radius 2 is 1.72 bits per heavy atom. The van der Waals surface area contributed by atoms with Crippen molar-refractivity contribution in [3.05, 3.63) is 97.3 Å². The van der Waals surface area contributed by atoms with Crippen molar-refractivity contribution in [1.29, 1.82) is 0 Å². The Morgan fingerprint density at radius 3 is 2.52 bits per heavy atom. The average Bonchev–Trinajstić information content (AvgIpc) is 3.13. The fraction of sp³-hybridized carbons (Fsp3) is 0.0435. The first-order chi connectivity index (χ1) is 14.4. The zero-order valence-electron chi connectivity index (χ0n) is 15.6. The lowest BCUT2D eigenvalue weighted by Crippen LogP contribution is -2.02. The van der Waals surface area contributed by atoms with Gasteiger partial charge in [-0.3, -0.25) is 4.98 Å². The molecule has 140 valence electrons. The molecule has 0 saturated heterocycles. The van der Waals surface area contributed by atoms with Crippen LogP contribution in [0.1, 0.15) is 5.56 Å². The molecule has 5 rings (SSSR count). The van der Waals surface area contributed by atoms with Crippen molar-refractivity contribution in [2.75, 3.05) is 5.32 Å². The lowest BCUT2D eigenvalue weighted by Gasteiger charge is -2.12. The van der Waals surface area contributed by atoms with Gasteiger partial charge in [0.15, 0.2) is 0 Å². The first kappa shape index (κ1) is 17.1. The summed E-state index contributed by atoms with van der Waals surface area (Å²) < 4.78 is 2.30. The zero-order valence-corrected chi connectivity index (χ0v) is 15.6. The molecule has 5 aromatic rings. The van der Waals surface area contributed by atoms with Crippen LogP contribution in [-0.4, -0.2) is 24.5 Å². The molecule has 0 radical (unpaired) electrons. The number of hydrogen-bond donors (Lipinski definition) is 1. The highest BCUT2D eigenvalue weighted by Crippen LogP contribution is 2.30. The summed E-state index contributed by atoms with van der Waals surface area (Å²) in [5, 5.41) is 4.33. The molecule has 29 heavy (non-hydrogen) atoms. The van der Waals surface area contributed by atoms with Gasteiger partial charge < -0.3 is 9.88 Å². The maximum Gasteiger partial charge on any atom is 0.134 e. The van der Waals surface area contributed by atoms with E-state index in [9.17, 15) is 0 Å². The predicted octanol–water partition coefficient (Wildman–Crippen LogP) is 4.68. The van der Waals surface area contributed by atoms with Crippen LogP contribution in [0, 0.1) is 0 Å². The summed E-state index contributed by atoms with van der Waals surface area (Å²) >= 11 is 0. The molecule has 0 aliphatic carbocycles. The maximum atomic E-state index is 4.56. The van der Waals surface area contributed by atoms with E-state index in [4.69, 9.17) is 0 Å². The fourth-order valence-electron chi connectivity index (χ4n) is 3.41. The minimum atomic E-state index is 0.709. The molecule has 4 aromatic heterocycles. The van der Waals surface area contributed by atoms with Crippen LogP contribution in [0.2, 0.25) is 0 Å². The van der Waals surface area contributed by atoms with Gasteiger partial charge in [-0.1, -0.05) is 30.3 Å². The van der Waals surface area contributed by atoms with Gasteiger partial charge in [0.05, 0.1) is 11.2 Å². The summed E-state index contributed by atoms with van der Waals surface area (Å²) in [6, 6.07) is 20.5. The molecule has 4 heterocycles. The topological polar surface area (TPSA) is 68.5 Å². The normalized spacial score (nSPS) is 10.9. The number of hydrogen-bond acceptors (Lipinski definition) is 5. The summed E-state index contributed by atoms with van der Waals surface area (Å²) in [5.74, 6) is 1.45. The van der Waals surface area contributed by atoms with Crippen molar-refractivity contribution in [3.8, 4) is 11.3 Å². The van der Waals surface area contributed by atoms with E-state index in [2.05, 4.69) is 72.3 Å². The Bertz CT molecular complexity index is 1230. The summed E-state index contributed by atoms with van der Waals surface area (Å²) in [6.07, 6.45) is 8.79. The van der Waals surface area contributed by atoms with Crippen LogP contribution in [0.4, 0.5) is 11.6 Å². The van der Waals surface area contributed by atoms with E-state index < -0.39 is 0 Å². The molecule has 0 aliphatic rings. The third-order valence-electron chi connectivity index (χ3n) is 4.76. The Morgan fingerprint density at radius 1 is 0.793 bits per heavy atom. The molecule has 0 unspecified atom stereocenters. The van der Waals surface area contributed by atoms with Crippen molar-refractivity contribution in [3.63, 3.8) is 0 Å². The fourth-order valence-corrected chi connectivity index (χ4v) is 3.41. The van der Waals surface area contributed by atoms with Gasteiger partial charge in [0, 0.05) is 48.3 Å². The molecule has 0 fully saturated rings. The molecular weight excluding hydrogens is 360 g/mol. The second kappa shape index (κ2) is 7.52. The molecule has 1 N–H and O–H groups in total. The number of fused-ring (bicyclic) bond motifs is 1. The third kappa shape index (κ3) is 3.55. The largest absolute Gasteiger partial charge is 0.336 e. The summed E-state index contributed by atoms with van der Waals surface area (Å²) in [4.78, 5) is 17.0. The van der Waals surface area contributed by atoms with Gasteiger partial charge in [0.2, 0.25) is 0 Å². The Balaban J connectivity index is 1.63. The van der Waals surface area contributed by atoms with E-state index in [-0.39, 0.29) is 0 Å². The number of nitrogens with one attached hydrogen (secondary N) is 1. The van der Waals surface area contributed by atoms with Gasteiger partial charge in [0.25, 0.3) is 0 Å². The Kier molecular flexibility index (Phi) is 4.42. The summed E-state index contributed by atoms with van der Waals surface area (Å²) in [5.41, 5.74) is 4.51. The van der Waals surface area contributed by atoms with Crippen molar-refractivity contribution in [2.24, 2.45) is 0 Å². The standard InChI is InChI=1S/C23H18N6/c1-2-5-17(6-3-1)15-29-20(18-7-4-9-24-13-18)11-19-14-26-23(12-21(19)29)28-22-8-10-25-16-27-22/h1-14,16H,15H2,(H,25,26,27,28). The lowest BCUT2D eigenvalue weighted by atomic mass is 10.2. The minimum absolute atomic E-state index is 0.709. The lowest BCUT2D eigenvalue weighted by molar-refractivity contribution is 0.844. The maximum absolute atomic E-state index is 4.56. The van der Waals surface area contributed by atoms with Crippen LogP contribution < -0.4 is 5.32 Å². The van der Waals surface area contributed by atoms with E-state index >= 15 is 0 Å². The highest BCUT2D eigenvalue weighted by Gasteiger charge is 2.13. The highest BCUT2D eigenvalue weighted by molar-refractivity contribution is 5.88. The van der Waals surface area contributed by atoms with Crippen LogP contribution in [0.5, 0.6) is 0 Å². The first-order valence-corrected chi connectivity index (χ1v) is 9.33. The molecule has 0 atom stereocenters. The number of nitrogens with zero attached hydrogens (tertiary/aromatic N) is 5. The Labute approximate surface area is 167 Å². The van der Waals surface area contributed by atoms with Crippen LogP contribution in [0.3, 0.4) is 0 Å². The SMILES string of the molecule is c1ccc(Cn2c(-c3cccnc3)cc3cnc(Nc4ccncn4)cc32)cc1. The summed E-state index contributed by atoms with van der Waals surface area (Å²) in [6.45, 7) is 0.755. The molecule has 6 nitrogen and oxygen atoms in total. The number of pyridine rings is 2. The second-order valence-electron chi connectivity index (χ2n) is 6.69. The molecular formula is C23H18N6. The third-order valence-corrected chi connectivity index (χ3v) is 4.76. The van der Waals surface area contributed by atoms with Crippen molar-refractivity contribution >= 4 is 22.5 Å². The smallest absolute Gasteiger partial charge is 0.134 e. The molecule has 6 heteroatoms. The van der Waals surface area contributed by atoms with E-state index in [0.29, 0.717) is 5.82 Å². The predicted molar refractivity (Wildman–Crippen MR) is 114 cm³/mol. The molecule has 0 amide bonds. The first-order valence-electron chi connectivity index (χ1n) is 9.33. The molecule has 1 aromatic carbocycles. The minimum Gasteiger partial charge on any atom is -0.336 e. The molecule has 0 spiro atoms. The van der Waals surface area contributed by atoms with Crippen molar-refractivity contribution in [1.82, 2.24) is 24.5 Å². The van der Waals surface area contributed by atoms with Crippen LogP contribution in [0.25, 0.3) is 22.2 Å². The van der Waals surface area contributed by atoms with Gasteiger partial charge in [-0.05, 0) is 29.8 Å².